The second kappa shape index (κ2) is 4.55. The van der Waals surface area contributed by atoms with Gasteiger partial charge in [0.25, 0.3) is 0 Å². The normalized spacial score (nSPS) is 10.8. The Labute approximate surface area is 116 Å². The lowest BCUT2D eigenvalue weighted by Gasteiger charge is -2.02. The fraction of sp³-hybridized carbons (Fsp3) is 0. The Morgan fingerprint density at radius 1 is 1.16 bits per heavy atom. The summed E-state index contributed by atoms with van der Waals surface area (Å²) in [5.41, 5.74) is 6.47. The number of rotatable bonds is 2. The quantitative estimate of drug-likeness (QED) is 0.771. The van der Waals surface area contributed by atoms with E-state index in [0.717, 1.165) is 0 Å². The average molecular weight is 323 g/mol. The van der Waals surface area contributed by atoms with Gasteiger partial charge in [0.15, 0.2) is 16.2 Å². The van der Waals surface area contributed by atoms with Crippen LogP contribution in [0.3, 0.4) is 0 Å². The molecule has 2 heterocycles. The summed E-state index contributed by atoms with van der Waals surface area (Å²) < 4.78 is 24.9. The number of nitrogens with zero attached hydrogens (tertiary/aromatic N) is 1. The molecule has 0 saturated carbocycles. The Balaban J connectivity index is 2.22. The van der Waals surface area contributed by atoms with E-state index >= 15 is 0 Å². The van der Waals surface area contributed by atoms with Gasteiger partial charge in [-0.3, -0.25) is 0 Å². The van der Waals surface area contributed by atoms with Gasteiger partial charge in [0.2, 0.25) is 5.76 Å². The van der Waals surface area contributed by atoms with Crippen LogP contribution < -0.4 is 5.73 Å². The molecule has 3 rings (SSSR count). The molecular weight excluding hydrogens is 315 g/mol. The second-order valence-electron chi connectivity index (χ2n) is 3.86. The monoisotopic (exact) mass is 322 g/mol. The summed E-state index contributed by atoms with van der Waals surface area (Å²) in [7, 11) is 0. The van der Waals surface area contributed by atoms with E-state index in [0.29, 0.717) is 27.3 Å². The smallest absolute Gasteiger partial charge is 0.212 e. The minimum absolute atomic E-state index is 0.118. The molecule has 0 atom stereocenters. The molecule has 0 aliphatic heterocycles. The third-order valence-electron chi connectivity index (χ3n) is 2.66. The van der Waals surface area contributed by atoms with Gasteiger partial charge in [-0.25, -0.2) is 4.39 Å². The average Bonchev–Trinajstić information content (AvgIpc) is 2.96. The van der Waals surface area contributed by atoms with Crippen LogP contribution in [-0.4, -0.2) is 5.16 Å². The van der Waals surface area contributed by atoms with Crippen LogP contribution in [0.15, 0.2) is 50.0 Å². The van der Waals surface area contributed by atoms with Gasteiger partial charge in [-0.2, -0.15) is 0 Å². The van der Waals surface area contributed by atoms with Crippen molar-refractivity contribution < 1.29 is 13.3 Å². The first-order valence-corrected chi connectivity index (χ1v) is 6.22. The zero-order valence-electron chi connectivity index (χ0n) is 9.56. The maximum Gasteiger partial charge on any atom is 0.212 e. The molecule has 0 radical (unpaired) electrons. The van der Waals surface area contributed by atoms with Crippen LogP contribution in [0.4, 0.5) is 10.2 Å². The highest BCUT2D eigenvalue weighted by molar-refractivity contribution is 9.10. The highest BCUT2D eigenvalue weighted by Crippen LogP contribution is 2.38. The predicted octanol–water partition coefficient (Wildman–Crippen LogP) is 4.09. The third kappa shape index (κ3) is 2.04. The molecule has 1 aromatic carbocycles. The summed E-state index contributed by atoms with van der Waals surface area (Å²) in [4.78, 5) is 0. The molecule has 0 fully saturated rings. The largest absolute Gasteiger partial charge is 0.446 e. The van der Waals surface area contributed by atoms with E-state index in [1.165, 1.54) is 6.07 Å². The van der Waals surface area contributed by atoms with Gasteiger partial charge in [0.05, 0.1) is 5.56 Å². The van der Waals surface area contributed by atoms with Gasteiger partial charge in [0.1, 0.15) is 5.82 Å². The molecule has 6 heteroatoms. The summed E-state index contributed by atoms with van der Waals surface area (Å²) in [5, 5.41) is 3.68. The van der Waals surface area contributed by atoms with Crippen molar-refractivity contribution in [2.45, 2.75) is 0 Å². The molecule has 0 aliphatic carbocycles. The van der Waals surface area contributed by atoms with Crippen molar-refractivity contribution >= 4 is 21.7 Å². The third-order valence-corrected chi connectivity index (χ3v) is 3.08. The number of nitrogens with two attached hydrogens (primary N) is 1. The molecule has 0 aliphatic rings. The lowest BCUT2D eigenvalue weighted by molar-refractivity contribution is 0.419. The van der Waals surface area contributed by atoms with Crippen LogP contribution in [0, 0.1) is 5.82 Å². The van der Waals surface area contributed by atoms with Crippen molar-refractivity contribution in [3.8, 4) is 22.6 Å². The Kier molecular flexibility index (Phi) is 2.87. The lowest BCUT2D eigenvalue weighted by atomic mass is 10.0. The van der Waals surface area contributed by atoms with E-state index in [4.69, 9.17) is 14.7 Å². The zero-order valence-corrected chi connectivity index (χ0v) is 11.1. The Hall–Kier alpha value is -2.08. The lowest BCUT2D eigenvalue weighted by Crippen LogP contribution is -1.91. The van der Waals surface area contributed by atoms with Gasteiger partial charge < -0.3 is 14.7 Å². The van der Waals surface area contributed by atoms with Crippen LogP contribution in [0.25, 0.3) is 22.6 Å². The summed E-state index contributed by atoms with van der Waals surface area (Å²) in [6, 6.07) is 9.68. The van der Waals surface area contributed by atoms with Crippen LogP contribution >= 0.6 is 15.9 Å². The van der Waals surface area contributed by atoms with Crippen molar-refractivity contribution in [3.63, 3.8) is 0 Å². The number of nitrogen functional groups attached to an aromatic ring is 1. The number of hydrogen-bond donors (Lipinski definition) is 1. The summed E-state index contributed by atoms with van der Waals surface area (Å²) in [6.45, 7) is 0. The molecule has 0 saturated heterocycles. The van der Waals surface area contributed by atoms with Crippen molar-refractivity contribution in [1.29, 1.82) is 0 Å². The molecule has 2 aromatic heterocycles. The fourth-order valence-electron chi connectivity index (χ4n) is 1.83. The molecule has 0 unspecified atom stereocenters. The van der Waals surface area contributed by atoms with Gasteiger partial charge >= 0.3 is 0 Å². The molecule has 4 nitrogen and oxygen atoms in total. The number of benzene rings is 1. The summed E-state index contributed by atoms with van der Waals surface area (Å²) in [5.74, 6) is 0.444. The summed E-state index contributed by atoms with van der Waals surface area (Å²) >= 11 is 3.20. The van der Waals surface area contributed by atoms with Crippen molar-refractivity contribution in [2.24, 2.45) is 0 Å². The molecule has 3 aromatic rings. The fourth-order valence-corrected chi connectivity index (χ4v) is 2.14. The number of furan rings is 1. The molecule has 96 valence electrons. The first-order valence-electron chi connectivity index (χ1n) is 5.42. The number of anilines is 1. The Morgan fingerprint density at radius 2 is 1.95 bits per heavy atom. The van der Waals surface area contributed by atoms with Crippen molar-refractivity contribution in [2.75, 3.05) is 5.73 Å². The maximum atomic E-state index is 13.9. The summed E-state index contributed by atoms with van der Waals surface area (Å²) in [6.07, 6.45) is 0. The standard InChI is InChI=1S/C13H8BrFN2O2/c14-10-6-5-9(18-10)12-11(13(16)17-19-12)7-3-1-2-4-8(7)15/h1-6H,(H2,16,17). The van der Waals surface area contributed by atoms with E-state index < -0.39 is 5.82 Å². The molecule has 0 amide bonds. The van der Waals surface area contributed by atoms with Crippen LogP contribution in [0.1, 0.15) is 0 Å². The number of aromatic nitrogens is 1. The molecule has 0 bridgehead atoms. The van der Waals surface area contributed by atoms with Gasteiger partial charge in [-0.1, -0.05) is 23.4 Å². The first kappa shape index (κ1) is 12.0. The highest BCUT2D eigenvalue weighted by atomic mass is 79.9. The molecule has 0 spiro atoms. The molecular formula is C13H8BrFN2O2. The van der Waals surface area contributed by atoms with Gasteiger partial charge in [-0.15, -0.1) is 0 Å². The number of hydrogen-bond acceptors (Lipinski definition) is 4. The SMILES string of the molecule is Nc1noc(-c2ccc(Br)o2)c1-c1ccccc1F. The zero-order chi connectivity index (χ0) is 13.4. The van der Waals surface area contributed by atoms with Crippen molar-refractivity contribution in [3.05, 3.63) is 46.9 Å². The van der Waals surface area contributed by atoms with Crippen molar-refractivity contribution in [1.82, 2.24) is 5.16 Å². The van der Waals surface area contributed by atoms with Crippen LogP contribution in [0.5, 0.6) is 0 Å². The van der Waals surface area contributed by atoms with E-state index in [1.807, 2.05) is 0 Å². The first-order chi connectivity index (χ1) is 9.16. The molecule has 19 heavy (non-hydrogen) atoms. The number of halogens is 2. The van der Waals surface area contributed by atoms with Gasteiger partial charge in [-0.05, 0) is 34.1 Å². The van der Waals surface area contributed by atoms with Crippen LogP contribution in [0.2, 0.25) is 0 Å². The van der Waals surface area contributed by atoms with E-state index in [1.54, 1.807) is 30.3 Å². The topological polar surface area (TPSA) is 65.2 Å². The minimum atomic E-state index is -0.399. The Morgan fingerprint density at radius 3 is 2.63 bits per heavy atom. The maximum absolute atomic E-state index is 13.9. The highest BCUT2D eigenvalue weighted by Gasteiger charge is 2.22. The van der Waals surface area contributed by atoms with Gasteiger partial charge in [0, 0.05) is 5.56 Å². The van der Waals surface area contributed by atoms with Crippen LogP contribution in [-0.2, 0) is 0 Å². The van der Waals surface area contributed by atoms with E-state index in [9.17, 15) is 4.39 Å². The Bertz CT molecular complexity index is 736. The minimum Gasteiger partial charge on any atom is -0.446 e. The second-order valence-corrected chi connectivity index (χ2v) is 4.64. The van der Waals surface area contributed by atoms with E-state index in [-0.39, 0.29) is 5.82 Å². The predicted molar refractivity (Wildman–Crippen MR) is 71.7 cm³/mol. The van der Waals surface area contributed by atoms with E-state index in [2.05, 4.69) is 21.1 Å². The molecule has 2 N–H and O–H groups in total.